The molecule has 0 heterocycles. The lowest BCUT2D eigenvalue weighted by atomic mass is 9.97. The molecule has 19 heavy (non-hydrogen) atoms. The number of nitrogens with zero attached hydrogens (tertiary/aromatic N) is 1. The van der Waals surface area contributed by atoms with Gasteiger partial charge < -0.3 is 10.2 Å². The number of anilines is 1. The van der Waals surface area contributed by atoms with Crippen LogP contribution in [-0.2, 0) is 0 Å². The van der Waals surface area contributed by atoms with Gasteiger partial charge in [0.15, 0.2) is 0 Å². The maximum Gasteiger partial charge on any atom is 0.0369 e. The first-order chi connectivity index (χ1) is 9.10. The van der Waals surface area contributed by atoms with Crippen molar-refractivity contribution in [3.05, 3.63) is 29.3 Å². The van der Waals surface area contributed by atoms with Gasteiger partial charge in [-0.25, -0.2) is 0 Å². The molecule has 1 N–H and O–H groups in total. The fraction of sp³-hybridized carbons (Fsp3) is 0.647. The van der Waals surface area contributed by atoms with E-state index in [0.29, 0.717) is 6.04 Å². The highest BCUT2D eigenvalue weighted by atomic mass is 15.1. The van der Waals surface area contributed by atoms with Crippen LogP contribution >= 0.6 is 0 Å². The van der Waals surface area contributed by atoms with Crippen LogP contribution in [0.3, 0.4) is 0 Å². The number of rotatable bonds is 5. The van der Waals surface area contributed by atoms with Crippen molar-refractivity contribution in [3.63, 3.8) is 0 Å². The van der Waals surface area contributed by atoms with Gasteiger partial charge in [0.05, 0.1) is 0 Å². The van der Waals surface area contributed by atoms with Crippen LogP contribution in [-0.4, -0.2) is 26.7 Å². The summed E-state index contributed by atoms with van der Waals surface area (Å²) in [5.41, 5.74) is 4.04. The molecule has 1 aliphatic carbocycles. The number of nitrogens with one attached hydrogen (secondary N) is 1. The van der Waals surface area contributed by atoms with Gasteiger partial charge in [-0.2, -0.15) is 0 Å². The second-order valence-electron chi connectivity index (χ2n) is 6.17. The van der Waals surface area contributed by atoms with Crippen molar-refractivity contribution < 1.29 is 0 Å². The van der Waals surface area contributed by atoms with Crippen LogP contribution in [0.2, 0.25) is 0 Å². The molecule has 0 aliphatic heterocycles. The van der Waals surface area contributed by atoms with Gasteiger partial charge in [-0.3, -0.25) is 0 Å². The number of aryl methyl sites for hydroxylation is 2. The van der Waals surface area contributed by atoms with Crippen molar-refractivity contribution >= 4 is 5.69 Å². The number of hydrogen-bond acceptors (Lipinski definition) is 2. The summed E-state index contributed by atoms with van der Waals surface area (Å²) in [6, 6.07) is 7.43. The van der Waals surface area contributed by atoms with Crippen LogP contribution in [0.15, 0.2) is 18.2 Å². The van der Waals surface area contributed by atoms with Crippen molar-refractivity contribution in [1.82, 2.24) is 5.32 Å². The average Bonchev–Trinajstić information content (AvgIpc) is 2.88. The van der Waals surface area contributed by atoms with Crippen LogP contribution in [0.5, 0.6) is 0 Å². The Hall–Kier alpha value is -1.02. The average molecular weight is 260 g/mol. The van der Waals surface area contributed by atoms with E-state index in [1.54, 1.807) is 0 Å². The highest BCUT2D eigenvalue weighted by Crippen LogP contribution is 2.28. The topological polar surface area (TPSA) is 15.3 Å². The van der Waals surface area contributed by atoms with Crippen molar-refractivity contribution in [2.24, 2.45) is 5.92 Å². The summed E-state index contributed by atoms with van der Waals surface area (Å²) >= 11 is 0. The molecule has 1 aromatic carbocycles. The minimum Gasteiger partial charge on any atom is -0.373 e. The Bertz CT molecular complexity index is 387. The van der Waals surface area contributed by atoms with Crippen molar-refractivity contribution in [1.29, 1.82) is 0 Å². The van der Waals surface area contributed by atoms with Gasteiger partial charge in [0.25, 0.3) is 0 Å². The largest absolute Gasteiger partial charge is 0.373 e. The van der Waals surface area contributed by atoms with Gasteiger partial charge in [-0.1, -0.05) is 18.9 Å². The first-order valence-corrected chi connectivity index (χ1v) is 7.57. The lowest BCUT2D eigenvalue weighted by Gasteiger charge is -2.30. The zero-order chi connectivity index (χ0) is 13.8. The first kappa shape index (κ1) is 14.4. The van der Waals surface area contributed by atoms with Gasteiger partial charge >= 0.3 is 0 Å². The Balaban J connectivity index is 2.03. The maximum absolute atomic E-state index is 3.53. The van der Waals surface area contributed by atoms with Crippen LogP contribution in [0.4, 0.5) is 5.69 Å². The Morgan fingerprint density at radius 1 is 1.16 bits per heavy atom. The molecule has 2 rings (SSSR count). The molecule has 0 amide bonds. The molecule has 1 aliphatic rings. The normalized spacial score (nSPS) is 17.7. The number of benzene rings is 1. The van der Waals surface area contributed by atoms with Crippen LogP contribution in [0.1, 0.15) is 36.8 Å². The molecule has 1 atom stereocenters. The summed E-state index contributed by atoms with van der Waals surface area (Å²) < 4.78 is 0. The third-order valence-corrected chi connectivity index (χ3v) is 4.46. The molecule has 1 unspecified atom stereocenters. The molecule has 2 nitrogen and oxygen atoms in total. The highest BCUT2D eigenvalue weighted by Gasteiger charge is 2.24. The van der Waals surface area contributed by atoms with E-state index < -0.39 is 0 Å². The third-order valence-electron chi connectivity index (χ3n) is 4.46. The molecule has 0 aromatic heterocycles. The summed E-state index contributed by atoms with van der Waals surface area (Å²) in [6.45, 7) is 5.46. The van der Waals surface area contributed by atoms with E-state index in [4.69, 9.17) is 0 Å². The Kier molecular flexibility index (Phi) is 4.87. The summed E-state index contributed by atoms with van der Waals surface area (Å²) in [5.74, 6) is 0.860. The monoisotopic (exact) mass is 260 g/mol. The van der Waals surface area contributed by atoms with E-state index in [0.717, 1.165) is 12.5 Å². The van der Waals surface area contributed by atoms with E-state index >= 15 is 0 Å². The van der Waals surface area contributed by atoms with E-state index in [1.807, 2.05) is 0 Å². The molecule has 0 spiro atoms. The highest BCUT2D eigenvalue weighted by molar-refractivity contribution is 5.50. The van der Waals surface area contributed by atoms with E-state index in [9.17, 15) is 0 Å². The zero-order valence-electron chi connectivity index (χ0n) is 12.9. The summed E-state index contributed by atoms with van der Waals surface area (Å²) in [7, 11) is 4.33. The molecule has 106 valence electrons. The second kappa shape index (κ2) is 6.42. The van der Waals surface area contributed by atoms with Crippen molar-refractivity contribution in [2.75, 3.05) is 25.5 Å². The van der Waals surface area contributed by atoms with Crippen molar-refractivity contribution in [3.8, 4) is 0 Å². The van der Waals surface area contributed by atoms with E-state index in [1.165, 1.54) is 42.5 Å². The Morgan fingerprint density at radius 3 is 2.26 bits per heavy atom. The van der Waals surface area contributed by atoms with Gasteiger partial charge in [0.2, 0.25) is 0 Å². The maximum atomic E-state index is 3.53. The molecule has 0 bridgehead atoms. The molecular formula is C17H28N2. The van der Waals surface area contributed by atoms with Gasteiger partial charge in [0.1, 0.15) is 0 Å². The lowest BCUT2D eigenvalue weighted by Crippen LogP contribution is -2.42. The number of likely N-dealkylation sites (N-methyl/N-ethyl adjacent to an activating group) is 2. The third kappa shape index (κ3) is 3.73. The summed E-state index contributed by atoms with van der Waals surface area (Å²) in [5, 5.41) is 3.53. The molecule has 1 fully saturated rings. The second-order valence-corrected chi connectivity index (χ2v) is 6.17. The predicted octanol–water partition coefficient (Wildman–Crippen LogP) is 3.52. The minimum atomic E-state index is 0.619. The predicted molar refractivity (Wildman–Crippen MR) is 84.0 cm³/mol. The summed E-state index contributed by atoms with van der Waals surface area (Å²) in [6.07, 6.45) is 5.62. The molecule has 2 heteroatoms. The van der Waals surface area contributed by atoms with Crippen LogP contribution in [0.25, 0.3) is 0 Å². The van der Waals surface area contributed by atoms with Crippen LogP contribution in [0, 0.1) is 19.8 Å². The minimum absolute atomic E-state index is 0.619. The zero-order valence-corrected chi connectivity index (χ0v) is 12.9. The van der Waals surface area contributed by atoms with Gasteiger partial charge in [-0.15, -0.1) is 0 Å². The van der Waals surface area contributed by atoms with E-state index in [2.05, 4.69) is 56.4 Å². The molecule has 1 saturated carbocycles. The van der Waals surface area contributed by atoms with Crippen LogP contribution < -0.4 is 10.2 Å². The standard InChI is InChI=1S/C17H28N2/c1-13-9-14(2)11-16(10-13)19(4)12-17(18-3)15-7-5-6-8-15/h9-11,15,17-18H,5-8,12H2,1-4H3. The van der Waals surface area contributed by atoms with E-state index in [-0.39, 0.29) is 0 Å². The summed E-state index contributed by atoms with van der Waals surface area (Å²) in [4.78, 5) is 2.40. The molecule has 0 saturated heterocycles. The molecule has 1 aromatic rings. The smallest absolute Gasteiger partial charge is 0.0369 e. The SMILES string of the molecule is CNC(CN(C)c1cc(C)cc(C)c1)C1CCCC1. The molecular weight excluding hydrogens is 232 g/mol. The quantitative estimate of drug-likeness (QED) is 0.871. The fourth-order valence-electron chi connectivity index (χ4n) is 3.41. The fourth-order valence-corrected chi connectivity index (χ4v) is 3.41. The molecule has 0 radical (unpaired) electrons. The first-order valence-electron chi connectivity index (χ1n) is 7.57. The number of hydrogen-bond donors (Lipinski definition) is 1. The van der Waals surface area contributed by atoms with Gasteiger partial charge in [0, 0.05) is 25.3 Å². The van der Waals surface area contributed by atoms with Gasteiger partial charge in [-0.05, 0) is 62.9 Å². The Morgan fingerprint density at radius 2 is 1.74 bits per heavy atom. The Labute approximate surface area is 118 Å². The lowest BCUT2D eigenvalue weighted by molar-refractivity contribution is 0.382. The van der Waals surface area contributed by atoms with Crippen molar-refractivity contribution in [2.45, 2.75) is 45.6 Å².